The van der Waals surface area contributed by atoms with Gasteiger partial charge >= 0.3 is 0 Å². The van der Waals surface area contributed by atoms with Crippen LogP contribution in [0.5, 0.6) is 0 Å². The minimum absolute atomic E-state index is 0.417. The minimum atomic E-state index is -1.31. The number of nitrogen functional groups attached to an aromatic ring is 1. The number of hydrogen-bond acceptors (Lipinski definition) is 3. The van der Waals surface area contributed by atoms with Gasteiger partial charge in [0.25, 0.3) is 0 Å². The van der Waals surface area contributed by atoms with Crippen LogP contribution in [0.1, 0.15) is 18.7 Å². The number of rotatable bonds is 1. The predicted molar refractivity (Wildman–Crippen MR) is 40.7 cm³/mol. The topological polar surface area (TPSA) is 38.9 Å². The summed E-state index contributed by atoms with van der Waals surface area (Å²) in [6, 6.07) is 0. The van der Waals surface area contributed by atoms with E-state index in [-0.39, 0.29) is 0 Å². The Kier molecular flexibility index (Phi) is 1.64. The Bertz CT molecular complexity index is 226. The molecule has 0 aliphatic rings. The van der Waals surface area contributed by atoms with Crippen molar-refractivity contribution in [3.05, 3.63) is 11.1 Å². The highest BCUT2D eigenvalue weighted by atomic mass is 32.1. The molecule has 0 radical (unpaired) electrons. The third kappa shape index (κ3) is 1.44. The maximum Gasteiger partial charge on any atom is 0.180 e. The molecule has 0 unspecified atom stereocenters. The summed E-state index contributed by atoms with van der Waals surface area (Å²) in [5.74, 6) is 0. The van der Waals surface area contributed by atoms with E-state index in [0.717, 1.165) is 0 Å². The molecule has 10 heavy (non-hydrogen) atoms. The lowest BCUT2D eigenvalue weighted by molar-refractivity contribution is 0.226. The Labute approximate surface area is 62.9 Å². The van der Waals surface area contributed by atoms with Crippen molar-refractivity contribution in [2.24, 2.45) is 0 Å². The van der Waals surface area contributed by atoms with Crippen LogP contribution in [0, 0.1) is 0 Å². The fraction of sp³-hybridized carbons (Fsp3) is 0.500. The summed E-state index contributed by atoms with van der Waals surface area (Å²) in [6.45, 7) is 2.97. The predicted octanol–water partition coefficient (Wildman–Crippen LogP) is 1.93. The molecule has 1 aromatic rings. The van der Waals surface area contributed by atoms with E-state index in [4.69, 9.17) is 5.73 Å². The van der Waals surface area contributed by atoms with Crippen LogP contribution in [0.3, 0.4) is 0 Å². The van der Waals surface area contributed by atoms with Crippen LogP contribution in [0.15, 0.2) is 6.20 Å². The van der Waals surface area contributed by atoms with Gasteiger partial charge in [0.05, 0.1) is 4.88 Å². The maximum absolute atomic E-state index is 13.0. The van der Waals surface area contributed by atoms with Gasteiger partial charge in [-0.3, -0.25) is 0 Å². The van der Waals surface area contributed by atoms with Crippen molar-refractivity contribution in [2.75, 3.05) is 5.73 Å². The average Bonchev–Trinajstić information content (AvgIpc) is 2.11. The van der Waals surface area contributed by atoms with Crippen LogP contribution in [-0.2, 0) is 5.67 Å². The Balaban J connectivity index is 2.96. The molecule has 0 saturated carbocycles. The quantitative estimate of drug-likeness (QED) is 0.681. The molecular weight excluding hydrogens is 151 g/mol. The fourth-order valence-electron chi connectivity index (χ4n) is 0.562. The second-order valence-corrected chi connectivity index (χ2v) is 3.60. The molecule has 1 heterocycles. The summed E-state index contributed by atoms with van der Waals surface area (Å²) >= 11 is 1.19. The van der Waals surface area contributed by atoms with Gasteiger partial charge in [0, 0.05) is 6.20 Å². The Morgan fingerprint density at radius 2 is 2.30 bits per heavy atom. The molecule has 0 fully saturated rings. The van der Waals surface area contributed by atoms with Gasteiger partial charge < -0.3 is 5.73 Å². The molecular formula is C6H9FN2S. The molecule has 2 N–H and O–H groups in total. The zero-order valence-corrected chi connectivity index (χ0v) is 6.70. The summed E-state index contributed by atoms with van der Waals surface area (Å²) < 4.78 is 13.0. The van der Waals surface area contributed by atoms with Crippen LogP contribution < -0.4 is 5.73 Å². The van der Waals surface area contributed by atoms with Crippen LogP contribution in [0.2, 0.25) is 0 Å². The van der Waals surface area contributed by atoms with E-state index < -0.39 is 5.67 Å². The zero-order valence-electron chi connectivity index (χ0n) is 5.89. The van der Waals surface area contributed by atoms with E-state index in [0.29, 0.717) is 10.0 Å². The van der Waals surface area contributed by atoms with Crippen LogP contribution in [-0.4, -0.2) is 4.98 Å². The van der Waals surface area contributed by atoms with Gasteiger partial charge in [-0.05, 0) is 13.8 Å². The number of aromatic nitrogens is 1. The molecule has 0 spiro atoms. The summed E-state index contributed by atoms with van der Waals surface area (Å²) in [5, 5.41) is 0.417. The first-order valence-corrected chi connectivity index (χ1v) is 3.72. The largest absolute Gasteiger partial charge is 0.375 e. The zero-order chi connectivity index (χ0) is 7.78. The smallest absolute Gasteiger partial charge is 0.180 e. The average molecular weight is 160 g/mol. The molecule has 1 aromatic heterocycles. The van der Waals surface area contributed by atoms with Gasteiger partial charge in [0.1, 0.15) is 5.67 Å². The van der Waals surface area contributed by atoms with Gasteiger partial charge in [-0.2, -0.15) is 0 Å². The van der Waals surface area contributed by atoms with Crippen molar-refractivity contribution in [2.45, 2.75) is 19.5 Å². The summed E-state index contributed by atoms with van der Waals surface area (Å²) in [5.41, 5.74) is 4.01. The summed E-state index contributed by atoms with van der Waals surface area (Å²) in [7, 11) is 0. The first-order chi connectivity index (χ1) is 4.50. The normalized spacial score (nSPS) is 11.9. The van der Waals surface area contributed by atoms with Crippen molar-refractivity contribution in [3.63, 3.8) is 0 Å². The molecule has 0 amide bonds. The summed E-state index contributed by atoms with van der Waals surface area (Å²) in [6.07, 6.45) is 1.47. The van der Waals surface area contributed by atoms with Crippen molar-refractivity contribution in [1.29, 1.82) is 0 Å². The van der Waals surface area contributed by atoms with E-state index in [1.54, 1.807) is 0 Å². The van der Waals surface area contributed by atoms with Crippen LogP contribution in [0.4, 0.5) is 9.52 Å². The monoisotopic (exact) mass is 160 g/mol. The lowest BCUT2D eigenvalue weighted by atomic mass is 10.1. The molecule has 0 atom stereocenters. The van der Waals surface area contributed by atoms with E-state index in [9.17, 15) is 4.39 Å². The van der Waals surface area contributed by atoms with Crippen molar-refractivity contribution in [1.82, 2.24) is 4.98 Å². The summed E-state index contributed by atoms with van der Waals surface area (Å²) in [4.78, 5) is 4.31. The third-order valence-electron chi connectivity index (χ3n) is 1.11. The first-order valence-electron chi connectivity index (χ1n) is 2.91. The standard InChI is InChI=1S/C6H9FN2S/c1-6(2,7)4-3-9-5(8)10-4/h3H,1-2H3,(H2,8,9). The van der Waals surface area contributed by atoms with E-state index >= 15 is 0 Å². The van der Waals surface area contributed by atoms with Crippen LogP contribution in [0.25, 0.3) is 0 Å². The van der Waals surface area contributed by atoms with Gasteiger partial charge in [-0.1, -0.05) is 11.3 Å². The van der Waals surface area contributed by atoms with Gasteiger partial charge in [-0.15, -0.1) is 0 Å². The Morgan fingerprint density at radius 3 is 2.50 bits per heavy atom. The Hall–Kier alpha value is -0.640. The van der Waals surface area contributed by atoms with E-state index in [1.165, 1.54) is 31.4 Å². The molecule has 2 nitrogen and oxygen atoms in total. The lowest BCUT2D eigenvalue weighted by Crippen LogP contribution is -2.05. The highest BCUT2D eigenvalue weighted by Crippen LogP contribution is 2.30. The molecule has 1 rings (SSSR count). The van der Waals surface area contributed by atoms with E-state index in [2.05, 4.69) is 4.98 Å². The highest BCUT2D eigenvalue weighted by Gasteiger charge is 2.21. The number of halogens is 1. The van der Waals surface area contributed by atoms with E-state index in [1.807, 2.05) is 0 Å². The second kappa shape index (κ2) is 2.20. The van der Waals surface area contributed by atoms with Crippen molar-refractivity contribution < 1.29 is 4.39 Å². The number of nitrogens with zero attached hydrogens (tertiary/aromatic N) is 1. The van der Waals surface area contributed by atoms with Gasteiger partial charge in [-0.25, -0.2) is 9.37 Å². The minimum Gasteiger partial charge on any atom is -0.375 e. The van der Waals surface area contributed by atoms with Crippen molar-refractivity contribution in [3.8, 4) is 0 Å². The van der Waals surface area contributed by atoms with Gasteiger partial charge in [0.2, 0.25) is 0 Å². The lowest BCUT2D eigenvalue weighted by Gasteiger charge is -2.08. The molecule has 0 aliphatic carbocycles. The molecule has 0 aliphatic heterocycles. The number of hydrogen-bond donors (Lipinski definition) is 1. The Morgan fingerprint density at radius 1 is 1.70 bits per heavy atom. The van der Waals surface area contributed by atoms with Crippen molar-refractivity contribution >= 4 is 16.5 Å². The molecule has 0 aromatic carbocycles. The third-order valence-corrected chi connectivity index (χ3v) is 2.23. The molecule has 0 bridgehead atoms. The SMILES string of the molecule is CC(C)(F)c1cnc(N)s1. The maximum atomic E-state index is 13.0. The fourth-order valence-corrected chi connectivity index (χ4v) is 1.24. The number of alkyl halides is 1. The highest BCUT2D eigenvalue weighted by molar-refractivity contribution is 7.15. The first kappa shape index (κ1) is 7.47. The molecule has 56 valence electrons. The molecule has 0 saturated heterocycles. The van der Waals surface area contributed by atoms with Gasteiger partial charge in [0.15, 0.2) is 5.13 Å². The number of anilines is 1. The van der Waals surface area contributed by atoms with Crippen LogP contribution >= 0.6 is 11.3 Å². The number of nitrogens with two attached hydrogens (primary N) is 1. The number of thiazole rings is 1. The second-order valence-electron chi connectivity index (χ2n) is 2.54. The molecule has 4 heteroatoms.